The predicted molar refractivity (Wildman–Crippen MR) is 52.8 cm³/mol. The number of imidazole rings is 1. The van der Waals surface area contributed by atoms with Crippen LogP contribution in [0.3, 0.4) is 0 Å². The topological polar surface area (TPSA) is 43.0 Å². The third kappa shape index (κ3) is 1.85. The van der Waals surface area contributed by atoms with Crippen LogP contribution in [0.5, 0.6) is 0 Å². The second-order valence-corrected chi connectivity index (χ2v) is 3.13. The first-order valence-corrected chi connectivity index (χ1v) is 4.55. The minimum absolute atomic E-state index is 0.740. The molecular formula is C10H13N3O. The van der Waals surface area contributed by atoms with E-state index in [0.717, 1.165) is 18.8 Å². The summed E-state index contributed by atoms with van der Waals surface area (Å²) in [7, 11) is 1.92. The summed E-state index contributed by atoms with van der Waals surface area (Å²) in [5.41, 5.74) is 1.20. The van der Waals surface area contributed by atoms with Crippen molar-refractivity contribution < 1.29 is 4.42 Å². The van der Waals surface area contributed by atoms with Gasteiger partial charge >= 0.3 is 0 Å². The lowest BCUT2D eigenvalue weighted by molar-refractivity contribution is 0.487. The Kier molecular flexibility index (Phi) is 2.65. The number of hydrogen-bond acceptors (Lipinski definition) is 3. The Hall–Kier alpha value is -1.55. The van der Waals surface area contributed by atoms with Crippen LogP contribution in [0, 0.1) is 0 Å². The van der Waals surface area contributed by atoms with Crippen LogP contribution in [0.2, 0.25) is 0 Å². The minimum atomic E-state index is 0.740. The van der Waals surface area contributed by atoms with E-state index in [1.165, 1.54) is 5.56 Å². The van der Waals surface area contributed by atoms with Crippen LogP contribution in [0.15, 0.2) is 35.5 Å². The Balaban J connectivity index is 2.12. The number of rotatable bonds is 4. The summed E-state index contributed by atoms with van der Waals surface area (Å²) in [6, 6.07) is 1.99. The molecule has 74 valence electrons. The second-order valence-electron chi connectivity index (χ2n) is 3.13. The zero-order valence-corrected chi connectivity index (χ0v) is 8.10. The van der Waals surface area contributed by atoms with Gasteiger partial charge in [-0.3, -0.25) is 0 Å². The Morgan fingerprint density at radius 3 is 3.21 bits per heavy atom. The number of nitrogens with one attached hydrogen (secondary N) is 1. The highest BCUT2D eigenvalue weighted by Crippen LogP contribution is 2.11. The van der Waals surface area contributed by atoms with Gasteiger partial charge in [0.2, 0.25) is 0 Å². The van der Waals surface area contributed by atoms with E-state index >= 15 is 0 Å². The Bertz CT molecular complexity index is 378. The van der Waals surface area contributed by atoms with Crippen molar-refractivity contribution in [2.75, 3.05) is 7.05 Å². The molecule has 2 aromatic heterocycles. The van der Waals surface area contributed by atoms with Gasteiger partial charge in [-0.2, -0.15) is 0 Å². The smallest absolute Gasteiger partial charge is 0.127 e. The molecule has 0 aliphatic heterocycles. The molecule has 0 atom stereocenters. The summed E-state index contributed by atoms with van der Waals surface area (Å²) in [4.78, 5) is 3.98. The first-order chi connectivity index (χ1) is 6.90. The molecule has 0 spiro atoms. The predicted octanol–water partition coefficient (Wildman–Crippen LogP) is 1.24. The summed E-state index contributed by atoms with van der Waals surface area (Å²) >= 11 is 0. The third-order valence-electron chi connectivity index (χ3n) is 2.09. The molecule has 0 fully saturated rings. The van der Waals surface area contributed by atoms with Crippen LogP contribution in [0.25, 0.3) is 0 Å². The monoisotopic (exact) mass is 191 g/mol. The Morgan fingerprint density at radius 1 is 1.57 bits per heavy atom. The van der Waals surface area contributed by atoms with Gasteiger partial charge in [-0.1, -0.05) is 0 Å². The van der Waals surface area contributed by atoms with Crippen molar-refractivity contribution in [3.8, 4) is 0 Å². The number of hydrogen-bond donors (Lipinski definition) is 1. The van der Waals surface area contributed by atoms with E-state index in [1.807, 2.05) is 23.9 Å². The van der Waals surface area contributed by atoms with Crippen LogP contribution in [0.1, 0.15) is 11.3 Å². The molecule has 0 saturated heterocycles. The summed E-state index contributed by atoms with van der Waals surface area (Å²) in [6.07, 6.45) is 7.19. The van der Waals surface area contributed by atoms with Crippen molar-refractivity contribution in [1.29, 1.82) is 0 Å². The Labute approximate surface area is 82.6 Å². The zero-order valence-electron chi connectivity index (χ0n) is 8.10. The first kappa shape index (κ1) is 9.02. The van der Waals surface area contributed by atoms with Gasteiger partial charge in [0, 0.05) is 24.5 Å². The fraction of sp³-hybridized carbons (Fsp3) is 0.300. The van der Waals surface area contributed by atoms with Crippen LogP contribution in [-0.2, 0) is 13.1 Å². The molecule has 0 aromatic carbocycles. The number of furan rings is 1. The molecule has 14 heavy (non-hydrogen) atoms. The summed E-state index contributed by atoms with van der Waals surface area (Å²) in [6.45, 7) is 1.57. The first-order valence-electron chi connectivity index (χ1n) is 4.55. The standard InChI is InChI=1S/C10H13N3O/c1-11-6-9-2-5-14-10(9)7-13-4-3-12-8-13/h2-5,8,11H,6-7H2,1H3. The Morgan fingerprint density at radius 2 is 2.50 bits per heavy atom. The molecule has 4 nitrogen and oxygen atoms in total. The molecule has 0 radical (unpaired) electrons. The van der Waals surface area contributed by atoms with Gasteiger partial charge in [-0.05, 0) is 13.1 Å². The van der Waals surface area contributed by atoms with Crippen molar-refractivity contribution in [2.24, 2.45) is 0 Å². The van der Waals surface area contributed by atoms with Crippen molar-refractivity contribution in [3.05, 3.63) is 42.4 Å². The van der Waals surface area contributed by atoms with Crippen LogP contribution in [0.4, 0.5) is 0 Å². The summed E-state index contributed by atoms with van der Waals surface area (Å²) < 4.78 is 7.39. The molecule has 0 unspecified atom stereocenters. The van der Waals surface area contributed by atoms with E-state index < -0.39 is 0 Å². The molecular weight excluding hydrogens is 178 g/mol. The lowest BCUT2D eigenvalue weighted by Gasteiger charge is -2.02. The zero-order chi connectivity index (χ0) is 9.80. The highest BCUT2D eigenvalue weighted by Gasteiger charge is 2.05. The van der Waals surface area contributed by atoms with Crippen LogP contribution < -0.4 is 5.32 Å². The van der Waals surface area contributed by atoms with Crippen molar-refractivity contribution in [2.45, 2.75) is 13.1 Å². The lowest BCUT2D eigenvalue weighted by Crippen LogP contribution is -2.07. The summed E-state index contributed by atoms with van der Waals surface area (Å²) in [5, 5.41) is 3.11. The molecule has 0 saturated carbocycles. The van der Waals surface area contributed by atoms with Crippen molar-refractivity contribution in [1.82, 2.24) is 14.9 Å². The number of aromatic nitrogens is 2. The highest BCUT2D eigenvalue weighted by atomic mass is 16.3. The highest BCUT2D eigenvalue weighted by molar-refractivity contribution is 5.17. The van der Waals surface area contributed by atoms with Gasteiger partial charge in [0.05, 0.1) is 19.1 Å². The van der Waals surface area contributed by atoms with Crippen molar-refractivity contribution >= 4 is 0 Å². The van der Waals surface area contributed by atoms with E-state index in [-0.39, 0.29) is 0 Å². The molecule has 1 N–H and O–H groups in total. The quantitative estimate of drug-likeness (QED) is 0.790. The molecule has 0 amide bonds. The average molecular weight is 191 g/mol. The van der Waals surface area contributed by atoms with Gasteiger partial charge in [0.25, 0.3) is 0 Å². The largest absolute Gasteiger partial charge is 0.467 e. The second kappa shape index (κ2) is 4.11. The number of nitrogens with zero attached hydrogens (tertiary/aromatic N) is 2. The molecule has 0 aliphatic rings. The van der Waals surface area contributed by atoms with E-state index in [2.05, 4.69) is 10.3 Å². The molecule has 2 heterocycles. The minimum Gasteiger partial charge on any atom is -0.467 e. The SMILES string of the molecule is CNCc1ccoc1Cn1ccnc1. The van der Waals surface area contributed by atoms with Crippen LogP contribution in [-0.4, -0.2) is 16.6 Å². The maximum atomic E-state index is 5.40. The van der Waals surface area contributed by atoms with Gasteiger partial charge in [0.15, 0.2) is 0 Å². The fourth-order valence-electron chi connectivity index (χ4n) is 1.40. The molecule has 2 aromatic rings. The average Bonchev–Trinajstić information content (AvgIpc) is 2.80. The van der Waals surface area contributed by atoms with Gasteiger partial charge in [0.1, 0.15) is 5.76 Å². The molecule has 0 bridgehead atoms. The lowest BCUT2D eigenvalue weighted by atomic mass is 10.2. The van der Waals surface area contributed by atoms with Gasteiger partial charge < -0.3 is 14.3 Å². The van der Waals surface area contributed by atoms with Gasteiger partial charge in [-0.15, -0.1) is 0 Å². The third-order valence-corrected chi connectivity index (χ3v) is 2.09. The maximum Gasteiger partial charge on any atom is 0.127 e. The molecule has 2 rings (SSSR count). The van der Waals surface area contributed by atoms with E-state index in [0.29, 0.717) is 0 Å². The van der Waals surface area contributed by atoms with Gasteiger partial charge in [-0.25, -0.2) is 4.98 Å². The van der Waals surface area contributed by atoms with E-state index in [1.54, 1.807) is 18.8 Å². The molecule has 4 heteroatoms. The normalized spacial score (nSPS) is 10.6. The van der Waals surface area contributed by atoms with E-state index in [4.69, 9.17) is 4.42 Å². The van der Waals surface area contributed by atoms with Crippen molar-refractivity contribution in [3.63, 3.8) is 0 Å². The maximum absolute atomic E-state index is 5.40. The molecule has 0 aliphatic carbocycles. The summed E-state index contributed by atoms with van der Waals surface area (Å²) in [5.74, 6) is 0.984. The van der Waals surface area contributed by atoms with Crippen LogP contribution >= 0.6 is 0 Å². The van der Waals surface area contributed by atoms with E-state index in [9.17, 15) is 0 Å². The fourth-order valence-corrected chi connectivity index (χ4v) is 1.40.